The van der Waals surface area contributed by atoms with Gasteiger partial charge in [0, 0.05) is 13.3 Å². The van der Waals surface area contributed by atoms with Gasteiger partial charge in [-0.15, -0.1) is 0 Å². The summed E-state index contributed by atoms with van der Waals surface area (Å²) < 4.78 is 4.87. The predicted octanol–water partition coefficient (Wildman–Crippen LogP) is 2.15. The Bertz CT molecular complexity index is 303. The molecule has 13 heavy (non-hydrogen) atoms. The van der Waals surface area contributed by atoms with Gasteiger partial charge in [0.05, 0.1) is 0 Å². The lowest BCUT2D eigenvalue weighted by atomic mass is 10.2. The van der Waals surface area contributed by atoms with Crippen LogP contribution in [-0.2, 0) is 11.2 Å². The molecule has 0 aliphatic heterocycles. The van der Waals surface area contributed by atoms with Crippen LogP contribution < -0.4 is 4.74 Å². The van der Waals surface area contributed by atoms with Crippen molar-refractivity contribution < 1.29 is 9.53 Å². The molecule has 3 heteroatoms. The highest BCUT2D eigenvalue weighted by Gasteiger charge is 1.96. The fourth-order valence-electron chi connectivity index (χ4n) is 0.956. The molecule has 1 aromatic rings. The Morgan fingerprint density at radius 2 is 2.08 bits per heavy atom. The summed E-state index contributed by atoms with van der Waals surface area (Å²) in [6, 6.07) is 7.30. The molecule has 0 N–H and O–H groups in total. The van der Waals surface area contributed by atoms with Crippen LogP contribution in [0, 0.1) is 0 Å². The van der Waals surface area contributed by atoms with E-state index >= 15 is 0 Å². The fraction of sp³-hybridized carbons (Fsp3) is 0.200. The number of esters is 1. The Balaban J connectivity index is 2.69. The molecule has 0 bridgehead atoms. The SMILES string of the molecule is CC(=O)Oc1ccc(CC=S)cc1. The van der Waals surface area contributed by atoms with Crippen LogP contribution in [0.25, 0.3) is 0 Å². The van der Waals surface area contributed by atoms with Crippen molar-refractivity contribution in [3.05, 3.63) is 29.8 Å². The van der Waals surface area contributed by atoms with Crippen molar-refractivity contribution in [2.24, 2.45) is 0 Å². The molecule has 2 nitrogen and oxygen atoms in total. The topological polar surface area (TPSA) is 26.3 Å². The van der Waals surface area contributed by atoms with Gasteiger partial charge in [0.15, 0.2) is 0 Å². The molecule has 0 atom stereocenters. The molecule has 0 saturated heterocycles. The Morgan fingerprint density at radius 3 is 2.54 bits per heavy atom. The number of thiocarbonyl (C=S) groups is 1. The van der Waals surface area contributed by atoms with Gasteiger partial charge in [0.2, 0.25) is 0 Å². The lowest BCUT2D eigenvalue weighted by Gasteiger charge is -2.01. The van der Waals surface area contributed by atoms with Gasteiger partial charge < -0.3 is 4.74 Å². The summed E-state index contributed by atoms with van der Waals surface area (Å²) >= 11 is 4.73. The quantitative estimate of drug-likeness (QED) is 0.419. The van der Waals surface area contributed by atoms with Crippen molar-refractivity contribution >= 4 is 23.6 Å². The van der Waals surface area contributed by atoms with E-state index in [9.17, 15) is 4.79 Å². The van der Waals surface area contributed by atoms with Crippen LogP contribution in [-0.4, -0.2) is 11.3 Å². The molecule has 0 saturated carbocycles. The number of hydrogen-bond donors (Lipinski definition) is 0. The number of hydrogen-bond acceptors (Lipinski definition) is 3. The molecule has 1 rings (SSSR count). The Hall–Kier alpha value is -1.22. The zero-order chi connectivity index (χ0) is 9.68. The van der Waals surface area contributed by atoms with Gasteiger partial charge in [-0.3, -0.25) is 4.79 Å². The monoisotopic (exact) mass is 194 g/mol. The van der Waals surface area contributed by atoms with Crippen LogP contribution in [0.2, 0.25) is 0 Å². The van der Waals surface area contributed by atoms with Crippen molar-refractivity contribution in [3.8, 4) is 5.75 Å². The highest BCUT2D eigenvalue weighted by Crippen LogP contribution is 2.12. The van der Waals surface area contributed by atoms with Gasteiger partial charge in [0.1, 0.15) is 5.75 Å². The van der Waals surface area contributed by atoms with E-state index in [-0.39, 0.29) is 5.97 Å². The largest absolute Gasteiger partial charge is 0.427 e. The van der Waals surface area contributed by atoms with Gasteiger partial charge >= 0.3 is 5.97 Å². The summed E-state index contributed by atoms with van der Waals surface area (Å²) in [6.07, 6.45) is 0.760. The molecular weight excluding hydrogens is 184 g/mol. The summed E-state index contributed by atoms with van der Waals surface area (Å²) in [7, 11) is 0. The first-order chi connectivity index (χ1) is 6.22. The molecule has 0 heterocycles. The second-order valence-electron chi connectivity index (χ2n) is 2.61. The Morgan fingerprint density at radius 1 is 1.46 bits per heavy atom. The van der Waals surface area contributed by atoms with E-state index < -0.39 is 0 Å². The first kappa shape index (κ1) is 9.86. The Labute approximate surface area is 82.5 Å². The second-order valence-corrected chi connectivity index (χ2v) is 2.94. The third kappa shape index (κ3) is 3.34. The molecule has 0 unspecified atom stereocenters. The summed E-state index contributed by atoms with van der Waals surface area (Å²) in [6.45, 7) is 1.38. The van der Waals surface area contributed by atoms with Crippen LogP contribution >= 0.6 is 12.2 Å². The van der Waals surface area contributed by atoms with E-state index in [0.717, 1.165) is 12.0 Å². The first-order valence-electron chi connectivity index (χ1n) is 3.93. The van der Waals surface area contributed by atoms with Crippen molar-refractivity contribution in [3.63, 3.8) is 0 Å². The second kappa shape index (κ2) is 4.72. The van der Waals surface area contributed by atoms with Crippen molar-refractivity contribution in [2.75, 3.05) is 0 Å². The normalized spacial score (nSPS) is 9.31. The van der Waals surface area contributed by atoms with Crippen LogP contribution in [0.3, 0.4) is 0 Å². The van der Waals surface area contributed by atoms with E-state index in [1.807, 2.05) is 12.1 Å². The van der Waals surface area contributed by atoms with Crippen molar-refractivity contribution in [1.82, 2.24) is 0 Å². The minimum Gasteiger partial charge on any atom is -0.427 e. The fourth-order valence-corrected chi connectivity index (χ4v) is 1.15. The third-order valence-electron chi connectivity index (χ3n) is 1.50. The van der Waals surface area contributed by atoms with Crippen LogP contribution in [0.1, 0.15) is 12.5 Å². The van der Waals surface area contributed by atoms with Crippen LogP contribution in [0.5, 0.6) is 5.75 Å². The number of benzene rings is 1. The zero-order valence-corrected chi connectivity index (χ0v) is 8.14. The molecule has 1 aromatic carbocycles. The lowest BCUT2D eigenvalue weighted by molar-refractivity contribution is -0.131. The summed E-state index contributed by atoms with van der Waals surface area (Å²) in [5.41, 5.74) is 1.12. The van der Waals surface area contributed by atoms with Crippen LogP contribution in [0.15, 0.2) is 24.3 Å². The van der Waals surface area contributed by atoms with E-state index in [4.69, 9.17) is 17.0 Å². The summed E-state index contributed by atoms with van der Waals surface area (Å²) in [5, 5.41) is 1.67. The highest BCUT2D eigenvalue weighted by atomic mass is 32.1. The van der Waals surface area contributed by atoms with E-state index in [2.05, 4.69) is 0 Å². The van der Waals surface area contributed by atoms with E-state index in [1.165, 1.54) is 6.92 Å². The van der Waals surface area contributed by atoms with Crippen LogP contribution in [0.4, 0.5) is 0 Å². The van der Waals surface area contributed by atoms with Gasteiger partial charge in [-0.05, 0) is 23.1 Å². The smallest absolute Gasteiger partial charge is 0.308 e. The van der Waals surface area contributed by atoms with E-state index in [1.54, 1.807) is 17.5 Å². The van der Waals surface area contributed by atoms with Crippen molar-refractivity contribution in [1.29, 1.82) is 0 Å². The molecule has 0 aliphatic carbocycles. The average Bonchev–Trinajstić information content (AvgIpc) is 2.08. The number of ether oxygens (including phenoxy) is 1. The van der Waals surface area contributed by atoms with Crippen molar-refractivity contribution in [2.45, 2.75) is 13.3 Å². The molecule has 0 aliphatic rings. The molecule has 68 valence electrons. The summed E-state index contributed by atoms with van der Waals surface area (Å²) in [5.74, 6) is 0.267. The van der Waals surface area contributed by atoms with E-state index in [0.29, 0.717) is 5.75 Å². The molecular formula is C10H10O2S. The lowest BCUT2D eigenvalue weighted by Crippen LogP contribution is -2.01. The maximum Gasteiger partial charge on any atom is 0.308 e. The molecule has 0 spiro atoms. The zero-order valence-electron chi connectivity index (χ0n) is 7.32. The highest BCUT2D eigenvalue weighted by molar-refractivity contribution is 7.78. The predicted molar refractivity (Wildman–Crippen MR) is 55.1 cm³/mol. The molecule has 0 fully saturated rings. The molecule has 0 amide bonds. The average molecular weight is 194 g/mol. The van der Waals surface area contributed by atoms with Gasteiger partial charge in [-0.25, -0.2) is 0 Å². The number of carbonyl (C=O) groups excluding carboxylic acids is 1. The minimum atomic E-state index is -0.303. The Kier molecular flexibility index (Phi) is 3.58. The number of carbonyl (C=O) groups is 1. The third-order valence-corrected chi connectivity index (χ3v) is 1.67. The molecule has 0 aromatic heterocycles. The van der Waals surface area contributed by atoms with Gasteiger partial charge in [0.25, 0.3) is 0 Å². The maximum absolute atomic E-state index is 10.6. The maximum atomic E-state index is 10.6. The van der Waals surface area contributed by atoms with Gasteiger partial charge in [-0.1, -0.05) is 24.4 Å². The number of rotatable bonds is 3. The minimum absolute atomic E-state index is 0.303. The molecule has 0 radical (unpaired) electrons. The van der Waals surface area contributed by atoms with Gasteiger partial charge in [-0.2, -0.15) is 0 Å². The first-order valence-corrected chi connectivity index (χ1v) is 4.40. The summed E-state index contributed by atoms with van der Waals surface area (Å²) in [4.78, 5) is 10.6. The standard InChI is InChI=1S/C10H10O2S/c1-8(11)12-10-4-2-9(3-5-10)6-7-13/h2-5,7H,6H2,1H3.